The topological polar surface area (TPSA) is 236 Å². The number of β-lactam (4-membered cyclic amide) rings is 1. The highest BCUT2D eigenvalue weighted by Crippen LogP contribution is 2.50. The number of carboxylic acid groups (broad SMARTS) is 2. The van der Waals surface area contributed by atoms with Crippen LogP contribution in [0.3, 0.4) is 0 Å². The number of esters is 1. The van der Waals surface area contributed by atoms with Crippen LogP contribution in [0.2, 0.25) is 0 Å². The van der Waals surface area contributed by atoms with Crippen LogP contribution in [0, 0.1) is 11.8 Å². The quantitative estimate of drug-likeness (QED) is 0.114. The Morgan fingerprint density at radius 3 is 2.69 bits per heavy atom. The zero-order valence-electron chi connectivity index (χ0n) is 17.6. The van der Waals surface area contributed by atoms with Gasteiger partial charge in [-0.15, -0.1) is 11.3 Å². The van der Waals surface area contributed by atoms with E-state index in [1.54, 1.807) is 0 Å². The minimum atomic E-state index is -2.29. The first-order chi connectivity index (χ1) is 16.5. The molecule has 3 fully saturated rings. The maximum absolute atomic E-state index is 13.1. The molecule has 1 aromatic heterocycles. The van der Waals surface area contributed by atoms with Crippen LogP contribution in [-0.4, -0.2) is 94.3 Å². The van der Waals surface area contributed by atoms with Gasteiger partial charge in [0, 0.05) is 28.4 Å². The Morgan fingerprint density at radius 1 is 1.40 bits per heavy atom. The maximum atomic E-state index is 13.1. The molecule has 1 amide bonds. The number of fused-ring (bicyclic) bond motifs is 3. The summed E-state index contributed by atoms with van der Waals surface area (Å²) in [5.41, 5.74) is 2.72. The number of nitrogen functional groups attached to an aromatic ring is 1. The number of carbonyl (C=O) groups excluding carboxylic acids is 3. The molecule has 0 radical (unpaired) electrons. The van der Waals surface area contributed by atoms with Gasteiger partial charge in [0.1, 0.15) is 11.1 Å². The molecule has 0 aliphatic carbocycles. The van der Waals surface area contributed by atoms with Crippen LogP contribution in [0.1, 0.15) is 18.5 Å². The number of oxime groups is 1. The van der Waals surface area contributed by atoms with Crippen molar-refractivity contribution in [2.75, 3.05) is 18.1 Å². The first kappa shape index (κ1) is 24.7. The minimum absolute atomic E-state index is 0.0502. The van der Waals surface area contributed by atoms with Gasteiger partial charge >= 0.3 is 17.9 Å². The van der Waals surface area contributed by atoms with Crippen LogP contribution >= 0.6 is 11.3 Å². The second kappa shape index (κ2) is 8.97. The Morgan fingerprint density at radius 2 is 2.11 bits per heavy atom. The van der Waals surface area contributed by atoms with E-state index in [-0.39, 0.29) is 23.0 Å². The highest BCUT2D eigenvalue weighted by Gasteiger charge is 2.72. The second-order valence-corrected chi connectivity index (χ2v) is 10.3. The average Bonchev–Trinajstić information content (AvgIpc) is 3.35. The molecule has 0 aromatic carbocycles. The third kappa shape index (κ3) is 3.94. The Kier molecular flexibility index (Phi) is 6.32. The van der Waals surface area contributed by atoms with Gasteiger partial charge in [-0.1, -0.05) is 5.16 Å². The number of aromatic nitrogens is 1. The van der Waals surface area contributed by atoms with Gasteiger partial charge in [-0.3, -0.25) is 23.5 Å². The van der Waals surface area contributed by atoms with Gasteiger partial charge < -0.3 is 30.6 Å². The molecule has 0 unspecified atom stereocenters. The van der Waals surface area contributed by atoms with E-state index in [2.05, 4.69) is 10.1 Å². The fourth-order valence-electron chi connectivity index (χ4n) is 4.25. The Balaban J connectivity index is 1.60. The molecular weight excluding hydrogens is 512 g/mol. The molecule has 6 atom stereocenters. The average molecular weight is 530 g/mol. The number of aliphatic carboxylic acids is 2. The number of carbonyl (C=O) groups is 5. The number of ether oxygens (including phenoxy) is 1. The number of nitrogens with zero attached hydrogens (tertiary/aromatic N) is 3. The van der Waals surface area contributed by atoms with Crippen molar-refractivity contribution in [1.29, 1.82) is 0 Å². The smallest absolute Gasteiger partial charge is 0.370 e. The second-order valence-electron chi connectivity index (χ2n) is 7.88. The summed E-state index contributed by atoms with van der Waals surface area (Å²) in [6.45, 7) is -0.951. The van der Waals surface area contributed by atoms with Crippen molar-refractivity contribution in [3.05, 3.63) is 11.1 Å². The lowest BCUT2D eigenvalue weighted by Gasteiger charge is -2.56. The van der Waals surface area contributed by atoms with E-state index in [1.165, 1.54) is 5.38 Å². The number of Topliss-reactive ketones (excluding diaryl/α,β-unsaturated/α-hetero) is 1. The van der Waals surface area contributed by atoms with E-state index in [9.17, 15) is 33.3 Å². The highest BCUT2D eigenvalue weighted by molar-refractivity contribution is 7.85. The molecule has 188 valence electrons. The van der Waals surface area contributed by atoms with Gasteiger partial charge in [-0.05, 0) is 0 Å². The number of thiazole rings is 1. The van der Waals surface area contributed by atoms with Gasteiger partial charge in [0.15, 0.2) is 16.6 Å². The molecule has 35 heavy (non-hydrogen) atoms. The molecule has 4 heterocycles. The molecule has 0 spiro atoms. The summed E-state index contributed by atoms with van der Waals surface area (Å²) in [6.07, 6.45) is -2.70. The van der Waals surface area contributed by atoms with E-state index in [1.807, 2.05) is 0 Å². The zero-order valence-corrected chi connectivity index (χ0v) is 19.2. The number of carboxylic acids is 2. The largest absolute Gasteiger partial charge is 0.478 e. The Hall–Kier alpha value is -3.44. The lowest BCUT2D eigenvalue weighted by atomic mass is 9.84. The van der Waals surface area contributed by atoms with Crippen LogP contribution in [0.4, 0.5) is 5.13 Å². The van der Waals surface area contributed by atoms with Crippen LogP contribution in [-0.2, 0) is 44.3 Å². The van der Waals surface area contributed by atoms with E-state index in [0.29, 0.717) is 0 Å². The van der Waals surface area contributed by atoms with Crippen molar-refractivity contribution in [3.8, 4) is 0 Å². The molecule has 0 saturated carbocycles. The summed E-state index contributed by atoms with van der Waals surface area (Å²) < 4.78 is 17.9. The molecule has 4 rings (SSSR count). The number of nitrogens with two attached hydrogens (primary N) is 1. The molecule has 3 aliphatic rings. The number of hydrogen-bond acceptors (Lipinski definition) is 13. The lowest BCUT2D eigenvalue weighted by Crippen LogP contribution is -2.78. The van der Waals surface area contributed by atoms with E-state index < -0.39 is 88.2 Å². The summed E-state index contributed by atoms with van der Waals surface area (Å²) in [7, 11) is -1.79. The molecular formula is C18H18N4O11S2. The maximum Gasteiger partial charge on any atom is 0.370 e. The fraction of sp³-hybridized carbons (Fsp3) is 0.500. The monoisotopic (exact) mass is 530 g/mol. The normalized spacial score (nSPS) is 30.5. The molecule has 0 bridgehead atoms. The molecule has 5 N–H and O–H groups in total. The molecule has 15 nitrogen and oxygen atoms in total. The van der Waals surface area contributed by atoms with E-state index in [4.69, 9.17) is 25.5 Å². The number of anilines is 1. The van der Waals surface area contributed by atoms with Crippen LogP contribution < -0.4 is 5.73 Å². The summed E-state index contributed by atoms with van der Waals surface area (Å²) in [5, 5.41) is 31.6. The summed E-state index contributed by atoms with van der Waals surface area (Å²) in [4.78, 5) is 70.4. The molecule has 1 aromatic rings. The first-order valence-corrected chi connectivity index (χ1v) is 12.2. The number of rotatable bonds is 9. The molecule has 17 heteroatoms. The van der Waals surface area contributed by atoms with E-state index in [0.717, 1.165) is 16.2 Å². The third-order valence-electron chi connectivity index (χ3n) is 5.83. The number of hydrogen-bond donors (Lipinski definition) is 4. The van der Waals surface area contributed by atoms with Gasteiger partial charge in [-0.25, -0.2) is 14.6 Å². The zero-order chi connectivity index (χ0) is 25.7. The molecule has 3 aliphatic heterocycles. The van der Waals surface area contributed by atoms with Gasteiger partial charge in [0.2, 0.25) is 12.0 Å². The summed E-state index contributed by atoms with van der Waals surface area (Å²) in [5.74, 6) is -8.13. The van der Waals surface area contributed by atoms with Crippen molar-refractivity contribution < 1.29 is 53.1 Å². The number of aliphatic hydroxyl groups excluding tert-OH is 1. The van der Waals surface area contributed by atoms with Crippen LogP contribution in [0.15, 0.2) is 10.5 Å². The summed E-state index contributed by atoms with van der Waals surface area (Å²) >= 11 is 0.942. The van der Waals surface area contributed by atoms with Gasteiger partial charge in [-0.2, -0.15) is 0 Å². The predicted molar refractivity (Wildman–Crippen MR) is 114 cm³/mol. The standard InChI is InChI=1S/C18H18N4O11S2/c19-17-20-8(4-34-17)12(21-33-10(3-23)15(27)28)9(24)2-7-13(26)22-14(7)35(31)5-6-1-11(25)32-18(6,22)16(29)30/h4,6-7,10,14,23H,1-3,5H2,(H2,19,20)(H,27,28)(H,29,30)/b21-12-/t6-,7+,10+,14+,18+,35-/m0/s1. The number of amides is 1. The van der Waals surface area contributed by atoms with Crippen LogP contribution in [0.25, 0.3) is 0 Å². The summed E-state index contributed by atoms with van der Waals surface area (Å²) in [6, 6.07) is 0. The predicted octanol–water partition coefficient (Wildman–Crippen LogP) is -2.26. The van der Waals surface area contributed by atoms with Crippen LogP contribution in [0.5, 0.6) is 0 Å². The van der Waals surface area contributed by atoms with Gasteiger partial charge in [0.05, 0.1) is 24.9 Å². The van der Waals surface area contributed by atoms with Crippen molar-refractivity contribution in [2.45, 2.75) is 30.0 Å². The number of ketones is 1. The van der Waals surface area contributed by atoms with Crippen molar-refractivity contribution in [2.24, 2.45) is 17.0 Å². The first-order valence-electron chi connectivity index (χ1n) is 9.98. The van der Waals surface area contributed by atoms with Crippen molar-refractivity contribution >= 4 is 62.6 Å². The van der Waals surface area contributed by atoms with E-state index >= 15 is 0 Å². The Labute approximate surface area is 201 Å². The minimum Gasteiger partial charge on any atom is -0.478 e. The molecule has 3 saturated heterocycles. The number of aliphatic hydroxyl groups is 1. The SMILES string of the molecule is Nc1nc(/C(=N/O[C@H](CO)C(=O)O)C(=O)C[C@@H]2C(=O)N3[C@@H]2[S@@](=O)C[C@@H]2CC(=O)O[C@@]23C(=O)O)cs1. The van der Waals surface area contributed by atoms with Gasteiger partial charge in [0.25, 0.3) is 5.72 Å². The third-order valence-corrected chi connectivity index (χ3v) is 8.32. The van der Waals surface area contributed by atoms with Crippen molar-refractivity contribution in [1.82, 2.24) is 9.88 Å². The van der Waals surface area contributed by atoms with Crippen molar-refractivity contribution in [3.63, 3.8) is 0 Å². The fourth-order valence-corrected chi connectivity index (χ4v) is 6.81. The Bertz CT molecular complexity index is 1180. The lowest BCUT2D eigenvalue weighted by molar-refractivity contribution is -0.220. The highest BCUT2D eigenvalue weighted by atomic mass is 32.2.